The maximum atomic E-state index is 12.3. The molecule has 4 nitrogen and oxygen atoms in total. The highest BCUT2D eigenvalue weighted by Crippen LogP contribution is 2.47. The molecule has 2 saturated carbocycles. The number of hydrogen-bond donors (Lipinski definition) is 2. The molecule has 1 aromatic rings. The maximum absolute atomic E-state index is 12.3. The zero-order valence-corrected chi connectivity index (χ0v) is 11.3. The molecule has 5 atom stereocenters. The van der Waals surface area contributed by atoms with Crippen molar-refractivity contribution in [2.75, 3.05) is 0 Å². The molecule has 1 amide bonds. The highest BCUT2D eigenvalue weighted by molar-refractivity contribution is 7.09. The van der Waals surface area contributed by atoms with Crippen LogP contribution in [0.1, 0.15) is 37.2 Å². The zero-order chi connectivity index (χ0) is 12.7. The minimum absolute atomic E-state index is 0.0103. The van der Waals surface area contributed by atoms with Gasteiger partial charge in [-0.1, -0.05) is 0 Å². The summed E-state index contributed by atoms with van der Waals surface area (Å²) < 4.78 is 0. The molecule has 2 aliphatic rings. The molecule has 2 bridgehead atoms. The van der Waals surface area contributed by atoms with Gasteiger partial charge in [-0.15, -0.1) is 11.3 Å². The lowest BCUT2D eigenvalue weighted by Gasteiger charge is -2.28. The molecule has 3 rings (SSSR count). The van der Waals surface area contributed by atoms with Crippen LogP contribution in [-0.2, 0) is 4.79 Å². The second-order valence-corrected chi connectivity index (χ2v) is 6.46. The smallest absolute Gasteiger partial charge is 0.225 e. The molecule has 0 aliphatic heterocycles. The normalized spacial score (nSPS) is 35.7. The Hall–Kier alpha value is -0.940. The van der Waals surface area contributed by atoms with Crippen LogP contribution in [0, 0.1) is 17.8 Å². The van der Waals surface area contributed by atoms with Gasteiger partial charge in [0.25, 0.3) is 0 Å². The summed E-state index contributed by atoms with van der Waals surface area (Å²) in [4.78, 5) is 16.6. The van der Waals surface area contributed by atoms with Gasteiger partial charge < -0.3 is 11.1 Å². The molecule has 0 spiro atoms. The first-order valence-corrected chi connectivity index (χ1v) is 7.50. The number of fused-ring (bicyclic) bond motifs is 2. The number of carbonyl (C=O) groups excluding carboxylic acids is 1. The standard InChI is InChI=1S/C13H19N3OS/c1-7(13-15-4-5-18-13)16-12(17)10-8-2-3-9(6-8)11(10)14/h4-5,7-11H,2-3,6,14H2,1H3,(H,16,17). The molecule has 1 aromatic heterocycles. The average Bonchev–Trinajstić information content (AvgIpc) is 3.05. The number of thiazole rings is 1. The van der Waals surface area contributed by atoms with E-state index in [1.807, 2.05) is 12.3 Å². The predicted molar refractivity (Wildman–Crippen MR) is 71.0 cm³/mol. The van der Waals surface area contributed by atoms with Crippen LogP contribution in [0.25, 0.3) is 0 Å². The van der Waals surface area contributed by atoms with E-state index in [0.29, 0.717) is 11.8 Å². The molecule has 0 aromatic carbocycles. The van der Waals surface area contributed by atoms with Gasteiger partial charge in [-0.2, -0.15) is 0 Å². The van der Waals surface area contributed by atoms with E-state index in [1.54, 1.807) is 17.5 Å². The van der Waals surface area contributed by atoms with Gasteiger partial charge in [0, 0.05) is 17.6 Å². The van der Waals surface area contributed by atoms with Gasteiger partial charge in [0.2, 0.25) is 5.91 Å². The number of nitrogens with two attached hydrogens (primary N) is 1. The van der Waals surface area contributed by atoms with Crippen LogP contribution in [-0.4, -0.2) is 16.9 Å². The number of nitrogens with zero attached hydrogens (tertiary/aromatic N) is 1. The van der Waals surface area contributed by atoms with Gasteiger partial charge in [0.15, 0.2) is 0 Å². The number of amides is 1. The van der Waals surface area contributed by atoms with E-state index in [-0.39, 0.29) is 23.9 Å². The van der Waals surface area contributed by atoms with E-state index in [1.165, 1.54) is 12.8 Å². The third-order valence-electron chi connectivity index (χ3n) is 4.46. The van der Waals surface area contributed by atoms with Crippen molar-refractivity contribution in [3.05, 3.63) is 16.6 Å². The third-order valence-corrected chi connectivity index (χ3v) is 5.42. The Morgan fingerprint density at radius 3 is 2.94 bits per heavy atom. The van der Waals surface area contributed by atoms with E-state index < -0.39 is 0 Å². The van der Waals surface area contributed by atoms with Crippen molar-refractivity contribution >= 4 is 17.2 Å². The average molecular weight is 265 g/mol. The molecule has 5 heteroatoms. The minimum Gasteiger partial charge on any atom is -0.347 e. The fraction of sp³-hybridized carbons (Fsp3) is 0.692. The van der Waals surface area contributed by atoms with Crippen LogP contribution in [0.2, 0.25) is 0 Å². The predicted octanol–water partition coefficient (Wildman–Crippen LogP) is 1.69. The Balaban J connectivity index is 1.65. The molecule has 5 unspecified atom stereocenters. The first-order chi connectivity index (χ1) is 8.66. The Bertz CT molecular complexity index is 431. The summed E-state index contributed by atoms with van der Waals surface area (Å²) in [5, 5.41) is 5.96. The summed E-state index contributed by atoms with van der Waals surface area (Å²) in [5.41, 5.74) is 6.19. The lowest BCUT2D eigenvalue weighted by Crippen LogP contribution is -2.45. The van der Waals surface area contributed by atoms with Gasteiger partial charge in [0.1, 0.15) is 5.01 Å². The van der Waals surface area contributed by atoms with Crippen molar-refractivity contribution in [2.24, 2.45) is 23.5 Å². The first-order valence-electron chi connectivity index (χ1n) is 6.62. The quantitative estimate of drug-likeness (QED) is 0.874. The van der Waals surface area contributed by atoms with Crippen LogP contribution in [0.5, 0.6) is 0 Å². The van der Waals surface area contributed by atoms with Crippen molar-refractivity contribution < 1.29 is 4.79 Å². The summed E-state index contributed by atoms with van der Waals surface area (Å²) in [6.45, 7) is 1.98. The Kier molecular flexibility index (Phi) is 3.11. The lowest BCUT2D eigenvalue weighted by molar-refractivity contribution is -0.127. The van der Waals surface area contributed by atoms with Crippen molar-refractivity contribution in [3.8, 4) is 0 Å². The van der Waals surface area contributed by atoms with Crippen LogP contribution < -0.4 is 11.1 Å². The molecule has 2 fully saturated rings. The minimum atomic E-state index is -0.0103. The monoisotopic (exact) mass is 265 g/mol. The van der Waals surface area contributed by atoms with Crippen LogP contribution in [0.3, 0.4) is 0 Å². The van der Waals surface area contributed by atoms with Crippen LogP contribution >= 0.6 is 11.3 Å². The van der Waals surface area contributed by atoms with Crippen molar-refractivity contribution in [1.29, 1.82) is 0 Å². The topological polar surface area (TPSA) is 68.0 Å². The summed E-state index contributed by atoms with van der Waals surface area (Å²) in [7, 11) is 0. The largest absolute Gasteiger partial charge is 0.347 e. The number of nitrogens with one attached hydrogen (secondary N) is 1. The first kappa shape index (κ1) is 12.1. The van der Waals surface area contributed by atoms with Crippen LogP contribution in [0.4, 0.5) is 0 Å². The van der Waals surface area contributed by atoms with Crippen molar-refractivity contribution in [3.63, 3.8) is 0 Å². The van der Waals surface area contributed by atoms with E-state index in [0.717, 1.165) is 11.4 Å². The summed E-state index contributed by atoms with van der Waals surface area (Å²) in [6.07, 6.45) is 5.29. The highest BCUT2D eigenvalue weighted by Gasteiger charge is 2.49. The highest BCUT2D eigenvalue weighted by atomic mass is 32.1. The van der Waals surface area contributed by atoms with E-state index in [4.69, 9.17) is 5.73 Å². The Morgan fingerprint density at radius 2 is 2.33 bits per heavy atom. The second-order valence-electron chi connectivity index (χ2n) is 5.54. The van der Waals surface area contributed by atoms with Gasteiger partial charge >= 0.3 is 0 Å². The SMILES string of the molecule is CC(NC(=O)C1C2CCC(C2)C1N)c1nccs1. The molecular formula is C13H19N3OS. The van der Waals surface area contributed by atoms with Gasteiger partial charge in [0.05, 0.1) is 12.0 Å². The lowest BCUT2D eigenvalue weighted by atomic mass is 9.84. The molecular weight excluding hydrogens is 246 g/mol. The van der Waals surface area contributed by atoms with Gasteiger partial charge in [-0.3, -0.25) is 4.79 Å². The molecule has 0 radical (unpaired) electrons. The van der Waals surface area contributed by atoms with Gasteiger partial charge in [-0.05, 0) is 38.0 Å². The molecule has 0 saturated heterocycles. The third kappa shape index (κ3) is 1.95. The molecule has 98 valence electrons. The van der Waals surface area contributed by atoms with E-state index in [2.05, 4.69) is 10.3 Å². The summed E-state index contributed by atoms with van der Waals surface area (Å²) >= 11 is 1.57. The summed E-state index contributed by atoms with van der Waals surface area (Å²) in [6, 6.07) is 0.0519. The molecule has 3 N–H and O–H groups in total. The van der Waals surface area contributed by atoms with Crippen molar-refractivity contribution in [2.45, 2.75) is 38.3 Å². The van der Waals surface area contributed by atoms with Crippen LogP contribution in [0.15, 0.2) is 11.6 Å². The van der Waals surface area contributed by atoms with E-state index in [9.17, 15) is 4.79 Å². The number of carbonyl (C=O) groups is 1. The van der Waals surface area contributed by atoms with Crippen molar-refractivity contribution in [1.82, 2.24) is 10.3 Å². The molecule has 18 heavy (non-hydrogen) atoms. The Morgan fingerprint density at radius 1 is 1.56 bits per heavy atom. The number of hydrogen-bond acceptors (Lipinski definition) is 4. The Labute approximate surface area is 111 Å². The zero-order valence-electron chi connectivity index (χ0n) is 10.5. The number of rotatable bonds is 3. The maximum Gasteiger partial charge on any atom is 0.225 e. The fourth-order valence-electron chi connectivity index (χ4n) is 3.54. The van der Waals surface area contributed by atoms with E-state index >= 15 is 0 Å². The van der Waals surface area contributed by atoms with Gasteiger partial charge in [-0.25, -0.2) is 4.98 Å². The summed E-state index contributed by atoms with van der Waals surface area (Å²) in [5.74, 6) is 1.22. The molecule has 2 aliphatic carbocycles. The molecule has 1 heterocycles. The fourth-order valence-corrected chi connectivity index (χ4v) is 4.19. The number of aromatic nitrogens is 1. The second kappa shape index (κ2) is 4.63.